The number of aliphatic hydroxyl groups is 1. The number of hydrogen-bond acceptors (Lipinski definition) is 3. The number of carbonyl (C=O) groups is 1. The molecule has 0 saturated heterocycles. The maximum absolute atomic E-state index is 12.1. The topological polar surface area (TPSA) is 61.4 Å². The minimum atomic E-state index is -0.250. The molecule has 0 aliphatic rings. The summed E-state index contributed by atoms with van der Waals surface area (Å²) in [6.45, 7) is 9.12. The first kappa shape index (κ1) is 17.7. The van der Waals surface area contributed by atoms with Gasteiger partial charge in [-0.25, -0.2) is 0 Å². The van der Waals surface area contributed by atoms with E-state index >= 15 is 0 Å². The average molecular weight is 292 g/mol. The Labute approximate surface area is 128 Å². The van der Waals surface area contributed by atoms with Gasteiger partial charge < -0.3 is 15.7 Å². The van der Waals surface area contributed by atoms with Gasteiger partial charge in [0.1, 0.15) is 0 Å². The zero-order chi connectivity index (χ0) is 15.9. The highest BCUT2D eigenvalue weighted by atomic mass is 16.2. The summed E-state index contributed by atoms with van der Waals surface area (Å²) in [5, 5.41) is 15.1. The van der Waals surface area contributed by atoms with Crippen molar-refractivity contribution in [1.82, 2.24) is 5.32 Å². The summed E-state index contributed by atoms with van der Waals surface area (Å²) in [6.07, 6.45) is 1.72. The van der Waals surface area contributed by atoms with E-state index in [4.69, 9.17) is 5.11 Å². The van der Waals surface area contributed by atoms with Gasteiger partial charge >= 0.3 is 0 Å². The molecule has 118 valence electrons. The molecule has 1 amide bonds. The van der Waals surface area contributed by atoms with Crippen LogP contribution in [-0.2, 0) is 4.79 Å². The van der Waals surface area contributed by atoms with Crippen LogP contribution in [0, 0.1) is 12.3 Å². The van der Waals surface area contributed by atoms with E-state index in [2.05, 4.69) is 24.5 Å². The van der Waals surface area contributed by atoms with Crippen molar-refractivity contribution in [2.75, 3.05) is 18.5 Å². The molecule has 0 aliphatic heterocycles. The lowest BCUT2D eigenvalue weighted by molar-refractivity contribution is -0.117. The van der Waals surface area contributed by atoms with Crippen LogP contribution >= 0.6 is 0 Å². The van der Waals surface area contributed by atoms with Gasteiger partial charge in [0, 0.05) is 18.8 Å². The minimum Gasteiger partial charge on any atom is -0.396 e. The van der Waals surface area contributed by atoms with Crippen molar-refractivity contribution in [3.8, 4) is 0 Å². The third kappa shape index (κ3) is 6.74. The molecular formula is C17H28N2O2. The zero-order valence-electron chi connectivity index (χ0n) is 13.6. The molecular weight excluding hydrogens is 264 g/mol. The van der Waals surface area contributed by atoms with E-state index < -0.39 is 0 Å². The lowest BCUT2D eigenvalue weighted by atomic mass is 9.87. The van der Waals surface area contributed by atoms with Crippen LogP contribution in [0.3, 0.4) is 0 Å². The molecule has 0 spiro atoms. The van der Waals surface area contributed by atoms with Crippen LogP contribution in [0.2, 0.25) is 0 Å². The fourth-order valence-electron chi connectivity index (χ4n) is 2.06. The summed E-state index contributed by atoms with van der Waals surface area (Å²) in [6, 6.07) is 7.52. The van der Waals surface area contributed by atoms with Gasteiger partial charge in [-0.2, -0.15) is 0 Å². The van der Waals surface area contributed by atoms with Crippen molar-refractivity contribution in [2.45, 2.75) is 46.6 Å². The third-order valence-electron chi connectivity index (χ3n) is 3.61. The van der Waals surface area contributed by atoms with Gasteiger partial charge in [0.05, 0.1) is 6.04 Å². The zero-order valence-corrected chi connectivity index (χ0v) is 13.6. The highest BCUT2D eigenvalue weighted by Crippen LogP contribution is 2.21. The second-order valence-electron chi connectivity index (χ2n) is 6.45. The van der Waals surface area contributed by atoms with E-state index in [1.165, 1.54) is 5.56 Å². The fourth-order valence-corrected chi connectivity index (χ4v) is 2.06. The molecule has 0 saturated carbocycles. The van der Waals surface area contributed by atoms with E-state index in [0.717, 1.165) is 25.1 Å². The SMILES string of the molecule is Cc1ccc(NC(=O)C(C)NCC(C)(C)CCCO)cc1. The Bertz CT molecular complexity index is 441. The first-order valence-electron chi connectivity index (χ1n) is 7.56. The van der Waals surface area contributed by atoms with Crippen LogP contribution in [0.5, 0.6) is 0 Å². The normalized spacial score (nSPS) is 13.0. The summed E-state index contributed by atoms with van der Waals surface area (Å²) in [7, 11) is 0. The molecule has 0 aromatic heterocycles. The predicted molar refractivity (Wildman–Crippen MR) is 87.4 cm³/mol. The number of amides is 1. The van der Waals surface area contributed by atoms with Crippen molar-refractivity contribution in [3.05, 3.63) is 29.8 Å². The average Bonchev–Trinajstić information content (AvgIpc) is 2.45. The molecule has 4 nitrogen and oxygen atoms in total. The molecule has 1 aromatic rings. The molecule has 1 rings (SSSR count). The first-order chi connectivity index (χ1) is 9.84. The van der Waals surface area contributed by atoms with Gasteiger partial charge in [0.2, 0.25) is 5.91 Å². The van der Waals surface area contributed by atoms with Gasteiger partial charge in [-0.3, -0.25) is 4.79 Å². The molecule has 3 N–H and O–H groups in total. The third-order valence-corrected chi connectivity index (χ3v) is 3.61. The van der Waals surface area contributed by atoms with Gasteiger partial charge in [-0.15, -0.1) is 0 Å². The Kier molecular flexibility index (Phi) is 6.85. The molecule has 1 unspecified atom stereocenters. The van der Waals surface area contributed by atoms with Crippen molar-refractivity contribution in [2.24, 2.45) is 5.41 Å². The van der Waals surface area contributed by atoms with Crippen molar-refractivity contribution in [1.29, 1.82) is 0 Å². The largest absolute Gasteiger partial charge is 0.396 e. The molecule has 0 aliphatic carbocycles. The summed E-state index contributed by atoms with van der Waals surface area (Å²) in [5.74, 6) is -0.0307. The minimum absolute atomic E-state index is 0.0307. The molecule has 21 heavy (non-hydrogen) atoms. The molecule has 0 fully saturated rings. The Morgan fingerprint density at radius 2 is 1.90 bits per heavy atom. The second-order valence-corrected chi connectivity index (χ2v) is 6.45. The Hall–Kier alpha value is -1.39. The number of benzene rings is 1. The number of nitrogens with one attached hydrogen (secondary N) is 2. The van der Waals surface area contributed by atoms with E-state index in [1.54, 1.807) is 0 Å². The maximum Gasteiger partial charge on any atom is 0.241 e. The van der Waals surface area contributed by atoms with E-state index in [-0.39, 0.29) is 24.0 Å². The molecule has 0 heterocycles. The molecule has 4 heteroatoms. The van der Waals surface area contributed by atoms with Crippen LogP contribution in [0.4, 0.5) is 5.69 Å². The molecule has 0 radical (unpaired) electrons. The van der Waals surface area contributed by atoms with Crippen LogP contribution in [0.15, 0.2) is 24.3 Å². The summed E-state index contributed by atoms with van der Waals surface area (Å²) < 4.78 is 0. The van der Waals surface area contributed by atoms with E-state index in [1.807, 2.05) is 38.1 Å². The fraction of sp³-hybridized carbons (Fsp3) is 0.588. The Balaban J connectivity index is 2.42. The second kappa shape index (κ2) is 8.15. The monoisotopic (exact) mass is 292 g/mol. The maximum atomic E-state index is 12.1. The van der Waals surface area contributed by atoms with Crippen molar-refractivity contribution < 1.29 is 9.90 Å². The number of aliphatic hydroxyl groups excluding tert-OH is 1. The van der Waals surface area contributed by atoms with Crippen molar-refractivity contribution in [3.63, 3.8) is 0 Å². The summed E-state index contributed by atoms with van der Waals surface area (Å²) in [4.78, 5) is 12.1. The smallest absolute Gasteiger partial charge is 0.241 e. The lowest BCUT2D eigenvalue weighted by Crippen LogP contribution is -2.42. The quantitative estimate of drug-likeness (QED) is 0.690. The van der Waals surface area contributed by atoms with Crippen LogP contribution in [0.25, 0.3) is 0 Å². The van der Waals surface area contributed by atoms with Gasteiger partial charge in [-0.05, 0) is 44.2 Å². The van der Waals surface area contributed by atoms with Gasteiger partial charge in [0.25, 0.3) is 0 Å². The Morgan fingerprint density at radius 1 is 1.29 bits per heavy atom. The Morgan fingerprint density at radius 3 is 2.48 bits per heavy atom. The highest BCUT2D eigenvalue weighted by molar-refractivity contribution is 5.94. The van der Waals surface area contributed by atoms with Crippen LogP contribution in [-0.4, -0.2) is 30.2 Å². The lowest BCUT2D eigenvalue weighted by Gasteiger charge is -2.26. The van der Waals surface area contributed by atoms with Gasteiger partial charge in [-0.1, -0.05) is 31.5 Å². The highest BCUT2D eigenvalue weighted by Gasteiger charge is 2.20. The summed E-state index contributed by atoms with van der Waals surface area (Å²) >= 11 is 0. The number of carbonyl (C=O) groups excluding carboxylic acids is 1. The molecule has 1 aromatic carbocycles. The number of rotatable bonds is 8. The molecule has 1 atom stereocenters. The first-order valence-corrected chi connectivity index (χ1v) is 7.56. The van der Waals surface area contributed by atoms with Gasteiger partial charge in [0.15, 0.2) is 0 Å². The van der Waals surface area contributed by atoms with Crippen molar-refractivity contribution >= 4 is 11.6 Å². The van der Waals surface area contributed by atoms with Crippen LogP contribution < -0.4 is 10.6 Å². The number of anilines is 1. The van der Waals surface area contributed by atoms with E-state index in [9.17, 15) is 4.79 Å². The molecule has 0 bridgehead atoms. The predicted octanol–water partition coefficient (Wildman–Crippen LogP) is 2.71. The number of aryl methyl sites for hydroxylation is 1. The summed E-state index contributed by atoms with van der Waals surface area (Å²) in [5.41, 5.74) is 2.06. The standard InChI is InChI=1S/C17H28N2O2/c1-13-6-8-15(9-7-13)19-16(21)14(2)18-12-17(3,4)10-5-11-20/h6-9,14,18,20H,5,10-12H2,1-4H3,(H,19,21). The number of hydrogen-bond donors (Lipinski definition) is 3. The van der Waals surface area contributed by atoms with Crippen LogP contribution in [0.1, 0.15) is 39.2 Å². The van der Waals surface area contributed by atoms with E-state index in [0.29, 0.717) is 0 Å².